The fourth-order valence-electron chi connectivity index (χ4n) is 2.16. The molecular weight excluding hydrogens is 284 g/mol. The van der Waals surface area contributed by atoms with Crippen LogP contribution in [0, 0.1) is 0 Å². The van der Waals surface area contributed by atoms with E-state index in [1.807, 2.05) is 24.3 Å². The van der Waals surface area contributed by atoms with Gasteiger partial charge in [-0.25, -0.2) is 9.97 Å². The van der Waals surface area contributed by atoms with E-state index in [0.29, 0.717) is 0 Å². The summed E-state index contributed by atoms with van der Waals surface area (Å²) in [7, 11) is 0. The van der Waals surface area contributed by atoms with Crippen molar-refractivity contribution in [3.05, 3.63) is 46.7 Å². The second-order valence-corrected chi connectivity index (χ2v) is 5.25. The molecule has 0 saturated heterocycles. The monoisotopic (exact) mass is 304 g/mol. The molecule has 2 rings (SSSR count). The fourth-order valence-corrected chi connectivity index (χ4v) is 2.29. The molecule has 0 radical (unpaired) electrons. The third kappa shape index (κ3) is 4.33. The first-order valence-corrected chi connectivity index (χ1v) is 7.68. The van der Waals surface area contributed by atoms with Crippen LogP contribution in [0.5, 0.6) is 0 Å². The summed E-state index contributed by atoms with van der Waals surface area (Å²) in [6, 6.07) is 7.83. The molecule has 4 nitrogen and oxygen atoms in total. The van der Waals surface area contributed by atoms with Gasteiger partial charge in [-0.1, -0.05) is 37.1 Å². The zero-order valence-corrected chi connectivity index (χ0v) is 13.2. The third-order valence-corrected chi connectivity index (χ3v) is 3.41. The molecule has 0 saturated carbocycles. The summed E-state index contributed by atoms with van der Waals surface area (Å²) >= 11 is 5.90. The summed E-state index contributed by atoms with van der Waals surface area (Å²) in [5, 5.41) is 7.45. The Kier molecular flexibility index (Phi) is 5.81. The zero-order chi connectivity index (χ0) is 15.1. The van der Waals surface area contributed by atoms with Crippen LogP contribution in [0.4, 0.5) is 11.6 Å². The minimum absolute atomic E-state index is 0.719. The van der Waals surface area contributed by atoms with Crippen molar-refractivity contribution < 1.29 is 0 Å². The van der Waals surface area contributed by atoms with Gasteiger partial charge in [-0.3, -0.25) is 0 Å². The van der Waals surface area contributed by atoms with Gasteiger partial charge in [-0.15, -0.1) is 0 Å². The Morgan fingerprint density at radius 1 is 1.00 bits per heavy atom. The second-order valence-electron chi connectivity index (χ2n) is 4.81. The highest BCUT2D eigenvalue weighted by molar-refractivity contribution is 6.30. The predicted molar refractivity (Wildman–Crippen MR) is 89.0 cm³/mol. The van der Waals surface area contributed by atoms with Crippen LogP contribution in [0.2, 0.25) is 5.02 Å². The zero-order valence-electron chi connectivity index (χ0n) is 12.5. The maximum Gasteiger partial charge on any atom is 0.134 e. The number of nitrogens with zero attached hydrogens (tertiary/aromatic N) is 2. The van der Waals surface area contributed by atoms with Crippen molar-refractivity contribution in [2.45, 2.75) is 33.2 Å². The Balaban J connectivity index is 2.14. The van der Waals surface area contributed by atoms with E-state index in [-0.39, 0.29) is 0 Å². The lowest BCUT2D eigenvalue weighted by Gasteiger charge is -2.14. The van der Waals surface area contributed by atoms with Crippen LogP contribution in [0.15, 0.2) is 30.6 Å². The number of anilines is 2. The van der Waals surface area contributed by atoms with Gasteiger partial charge in [-0.05, 0) is 31.0 Å². The molecule has 21 heavy (non-hydrogen) atoms. The van der Waals surface area contributed by atoms with E-state index >= 15 is 0 Å². The Morgan fingerprint density at radius 2 is 1.67 bits per heavy atom. The summed E-state index contributed by atoms with van der Waals surface area (Å²) in [4.78, 5) is 8.72. The molecule has 0 atom stereocenters. The smallest absolute Gasteiger partial charge is 0.134 e. The standard InChI is InChI=1S/C16H21ClN4/c1-3-5-14-15(18-4-2)20-11-21-16(14)19-10-12-6-8-13(17)9-7-12/h6-9,11H,3-5,10H2,1-2H3,(H2,18,19,20,21). The molecular formula is C16H21ClN4. The lowest BCUT2D eigenvalue weighted by atomic mass is 10.1. The van der Waals surface area contributed by atoms with Crippen molar-refractivity contribution >= 4 is 23.2 Å². The number of hydrogen-bond acceptors (Lipinski definition) is 4. The van der Waals surface area contributed by atoms with Crippen LogP contribution < -0.4 is 10.6 Å². The molecule has 0 fully saturated rings. The van der Waals surface area contributed by atoms with Gasteiger partial charge < -0.3 is 10.6 Å². The van der Waals surface area contributed by atoms with Gasteiger partial charge in [0.15, 0.2) is 0 Å². The largest absolute Gasteiger partial charge is 0.370 e. The van der Waals surface area contributed by atoms with Crippen LogP contribution in [0.25, 0.3) is 0 Å². The molecule has 0 unspecified atom stereocenters. The van der Waals surface area contributed by atoms with E-state index in [2.05, 4.69) is 34.4 Å². The molecule has 5 heteroatoms. The summed E-state index contributed by atoms with van der Waals surface area (Å²) in [6.45, 7) is 5.80. The van der Waals surface area contributed by atoms with Crippen molar-refractivity contribution in [2.24, 2.45) is 0 Å². The molecule has 2 N–H and O–H groups in total. The summed E-state index contributed by atoms with van der Waals surface area (Å²) < 4.78 is 0. The van der Waals surface area contributed by atoms with Gasteiger partial charge in [-0.2, -0.15) is 0 Å². The van der Waals surface area contributed by atoms with E-state index in [0.717, 1.165) is 48.2 Å². The van der Waals surface area contributed by atoms with Gasteiger partial charge in [0.05, 0.1) is 0 Å². The first kappa shape index (κ1) is 15.6. The van der Waals surface area contributed by atoms with Gasteiger partial charge in [0.25, 0.3) is 0 Å². The SMILES string of the molecule is CCCc1c(NCC)ncnc1NCc1ccc(Cl)cc1. The molecule has 0 aliphatic heterocycles. The fraction of sp³-hybridized carbons (Fsp3) is 0.375. The maximum atomic E-state index is 5.90. The first-order chi connectivity index (χ1) is 10.2. The van der Waals surface area contributed by atoms with Gasteiger partial charge in [0.1, 0.15) is 18.0 Å². The first-order valence-electron chi connectivity index (χ1n) is 7.30. The highest BCUT2D eigenvalue weighted by atomic mass is 35.5. The average molecular weight is 305 g/mol. The Hall–Kier alpha value is -1.81. The van der Waals surface area contributed by atoms with E-state index in [9.17, 15) is 0 Å². The molecule has 0 aliphatic rings. The molecule has 112 valence electrons. The highest BCUT2D eigenvalue weighted by Gasteiger charge is 2.09. The molecule has 0 spiro atoms. The van der Waals surface area contributed by atoms with Gasteiger partial charge in [0.2, 0.25) is 0 Å². The summed E-state index contributed by atoms with van der Waals surface area (Å²) in [5.74, 6) is 1.82. The van der Waals surface area contributed by atoms with E-state index in [1.54, 1.807) is 6.33 Å². The van der Waals surface area contributed by atoms with Crippen LogP contribution in [0.3, 0.4) is 0 Å². The lowest BCUT2D eigenvalue weighted by Crippen LogP contribution is -2.10. The van der Waals surface area contributed by atoms with Crippen molar-refractivity contribution in [3.8, 4) is 0 Å². The van der Waals surface area contributed by atoms with Crippen molar-refractivity contribution in [1.82, 2.24) is 9.97 Å². The van der Waals surface area contributed by atoms with E-state index < -0.39 is 0 Å². The van der Waals surface area contributed by atoms with Crippen LogP contribution in [-0.2, 0) is 13.0 Å². The second kappa shape index (κ2) is 7.84. The van der Waals surface area contributed by atoms with Gasteiger partial charge in [0, 0.05) is 23.7 Å². The van der Waals surface area contributed by atoms with Gasteiger partial charge >= 0.3 is 0 Å². The minimum atomic E-state index is 0.719. The molecule has 0 bridgehead atoms. The molecule has 1 aromatic heterocycles. The number of nitrogens with one attached hydrogen (secondary N) is 2. The molecule has 0 amide bonds. The molecule has 0 aliphatic carbocycles. The number of rotatable bonds is 7. The minimum Gasteiger partial charge on any atom is -0.370 e. The number of benzene rings is 1. The Morgan fingerprint density at radius 3 is 2.29 bits per heavy atom. The molecule has 1 aromatic carbocycles. The maximum absolute atomic E-state index is 5.90. The van der Waals surface area contributed by atoms with E-state index in [4.69, 9.17) is 11.6 Å². The Labute approximate surface area is 131 Å². The van der Waals surface area contributed by atoms with Crippen LogP contribution >= 0.6 is 11.6 Å². The summed E-state index contributed by atoms with van der Waals surface area (Å²) in [5.41, 5.74) is 2.32. The molecule has 1 heterocycles. The van der Waals surface area contributed by atoms with E-state index in [1.165, 1.54) is 5.56 Å². The predicted octanol–water partition coefficient (Wildman–Crippen LogP) is 4.13. The van der Waals surface area contributed by atoms with Crippen LogP contribution in [0.1, 0.15) is 31.4 Å². The topological polar surface area (TPSA) is 49.8 Å². The Bertz CT molecular complexity index is 569. The number of aromatic nitrogens is 2. The molecule has 2 aromatic rings. The van der Waals surface area contributed by atoms with Crippen LogP contribution in [-0.4, -0.2) is 16.5 Å². The normalized spacial score (nSPS) is 10.4. The van der Waals surface area contributed by atoms with Crippen molar-refractivity contribution in [1.29, 1.82) is 0 Å². The quantitative estimate of drug-likeness (QED) is 0.807. The van der Waals surface area contributed by atoms with Crippen molar-refractivity contribution in [2.75, 3.05) is 17.2 Å². The van der Waals surface area contributed by atoms with Crippen molar-refractivity contribution in [3.63, 3.8) is 0 Å². The highest BCUT2D eigenvalue weighted by Crippen LogP contribution is 2.22. The summed E-state index contributed by atoms with van der Waals surface area (Å²) in [6.07, 6.45) is 3.61. The lowest BCUT2D eigenvalue weighted by molar-refractivity contribution is 0.895. The average Bonchev–Trinajstić information content (AvgIpc) is 2.49. The third-order valence-electron chi connectivity index (χ3n) is 3.16. The number of halogens is 1. The number of hydrogen-bond donors (Lipinski definition) is 2.